The van der Waals surface area contributed by atoms with E-state index in [4.69, 9.17) is 16.7 Å². The number of carboxylic acid groups (broad SMARTS) is 2. The SMILES string of the molecule is O=C([O-])/C=C\C(=O)O.Oc1cc(Cl)cc2c1Sc1ccccc1CC2[NH+]1CCNCC1. The zero-order valence-corrected chi connectivity index (χ0v) is 18.2. The molecule has 0 aliphatic carbocycles. The summed E-state index contributed by atoms with van der Waals surface area (Å²) in [5.74, 6) is -2.50. The lowest BCUT2D eigenvalue weighted by Crippen LogP contribution is -3.15. The average molecular weight is 463 g/mol. The number of halogens is 1. The van der Waals surface area contributed by atoms with E-state index < -0.39 is 11.9 Å². The molecule has 31 heavy (non-hydrogen) atoms. The summed E-state index contributed by atoms with van der Waals surface area (Å²) in [6.07, 6.45) is 1.93. The minimum Gasteiger partial charge on any atom is -0.545 e. The lowest BCUT2D eigenvalue weighted by Gasteiger charge is -2.32. The third-order valence-corrected chi connectivity index (χ3v) is 6.63. The monoisotopic (exact) mass is 462 g/mol. The Labute approximate surface area is 189 Å². The van der Waals surface area contributed by atoms with Crippen LogP contribution >= 0.6 is 23.4 Å². The highest BCUT2D eigenvalue weighted by molar-refractivity contribution is 7.99. The van der Waals surface area contributed by atoms with E-state index in [-0.39, 0.29) is 0 Å². The molecule has 1 atom stereocenters. The largest absolute Gasteiger partial charge is 0.545 e. The predicted octanol–water partition coefficient (Wildman–Crippen LogP) is 0.659. The Morgan fingerprint density at radius 2 is 1.90 bits per heavy atom. The van der Waals surface area contributed by atoms with Gasteiger partial charge in [-0.05, 0) is 29.8 Å². The summed E-state index contributed by atoms with van der Waals surface area (Å²) < 4.78 is 0. The Morgan fingerprint density at radius 1 is 1.19 bits per heavy atom. The van der Waals surface area contributed by atoms with Crippen LogP contribution in [0, 0.1) is 0 Å². The summed E-state index contributed by atoms with van der Waals surface area (Å²) in [5.41, 5.74) is 2.55. The number of benzene rings is 2. The van der Waals surface area contributed by atoms with Gasteiger partial charge in [0.05, 0.1) is 24.0 Å². The standard InChI is InChI=1S/C18H19ClN2OS.C4H4O4/c19-13-10-14-15(21-7-5-20-6-8-21)9-12-3-1-2-4-17(12)23-18(14)16(22)11-13;5-3(6)1-2-4(7)8/h1-4,10-11,15,20,22H,5-9H2;1-2H,(H,5,6)(H,7,8)/b;2-1-. The van der Waals surface area contributed by atoms with Crippen molar-refractivity contribution in [2.24, 2.45) is 0 Å². The van der Waals surface area contributed by atoms with Gasteiger partial charge in [-0.1, -0.05) is 41.6 Å². The first-order valence-electron chi connectivity index (χ1n) is 9.80. The summed E-state index contributed by atoms with van der Waals surface area (Å²) >= 11 is 7.93. The molecule has 9 heteroatoms. The number of rotatable bonds is 3. The van der Waals surface area contributed by atoms with Crippen LogP contribution in [-0.4, -0.2) is 48.3 Å². The zero-order chi connectivity index (χ0) is 22.4. The van der Waals surface area contributed by atoms with Crippen molar-refractivity contribution in [3.05, 3.63) is 64.7 Å². The number of nitrogens with one attached hydrogen (secondary N) is 2. The van der Waals surface area contributed by atoms with Gasteiger partial charge in [-0.15, -0.1) is 0 Å². The summed E-state index contributed by atoms with van der Waals surface area (Å²) in [6, 6.07) is 12.6. The first kappa shape index (κ1) is 23.1. The average Bonchev–Trinajstić information content (AvgIpc) is 2.91. The summed E-state index contributed by atoms with van der Waals surface area (Å²) in [6.45, 7) is 4.29. The van der Waals surface area contributed by atoms with Crippen molar-refractivity contribution in [3.63, 3.8) is 0 Å². The molecule has 164 valence electrons. The van der Waals surface area contributed by atoms with Gasteiger partial charge in [-0.2, -0.15) is 0 Å². The molecule has 4 rings (SSSR count). The molecular weight excluding hydrogens is 440 g/mol. The molecule has 2 aliphatic rings. The highest BCUT2D eigenvalue weighted by atomic mass is 35.5. The number of phenolic OH excluding ortho intramolecular Hbond substituents is 1. The summed E-state index contributed by atoms with van der Waals surface area (Å²) in [4.78, 5) is 22.7. The minimum absolute atomic E-state index is 0.300. The summed E-state index contributed by atoms with van der Waals surface area (Å²) in [5, 5.41) is 31.8. The molecule has 2 heterocycles. The fourth-order valence-electron chi connectivity index (χ4n) is 3.78. The van der Waals surface area contributed by atoms with Gasteiger partial charge < -0.3 is 30.3 Å². The van der Waals surface area contributed by atoms with Crippen LogP contribution in [0.1, 0.15) is 17.2 Å². The number of aromatic hydroxyl groups is 1. The van der Waals surface area contributed by atoms with Gasteiger partial charge in [-0.25, -0.2) is 4.79 Å². The van der Waals surface area contributed by atoms with E-state index in [1.165, 1.54) is 16.0 Å². The zero-order valence-electron chi connectivity index (χ0n) is 16.6. The number of carbonyl (C=O) groups is 2. The highest BCUT2D eigenvalue weighted by Gasteiger charge is 2.33. The molecule has 1 unspecified atom stereocenters. The van der Waals surface area contributed by atoms with Gasteiger partial charge in [-0.3, -0.25) is 0 Å². The van der Waals surface area contributed by atoms with Crippen molar-refractivity contribution in [1.82, 2.24) is 5.32 Å². The van der Waals surface area contributed by atoms with Crippen LogP contribution < -0.4 is 15.3 Å². The highest BCUT2D eigenvalue weighted by Crippen LogP contribution is 2.45. The number of aliphatic carboxylic acids is 2. The fraction of sp³-hybridized carbons (Fsp3) is 0.273. The maximum Gasteiger partial charge on any atom is 0.328 e. The number of carbonyl (C=O) groups excluding carboxylic acids is 1. The Hall–Kier alpha value is -2.52. The second-order valence-corrected chi connectivity index (χ2v) is 8.70. The van der Waals surface area contributed by atoms with Gasteiger partial charge in [0.2, 0.25) is 0 Å². The lowest BCUT2D eigenvalue weighted by atomic mass is 9.96. The molecule has 2 aromatic carbocycles. The number of hydrogen-bond acceptors (Lipinski definition) is 6. The molecule has 0 bridgehead atoms. The molecule has 0 saturated carbocycles. The molecule has 0 aromatic heterocycles. The van der Waals surface area contributed by atoms with Crippen molar-refractivity contribution in [2.45, 2.75) is 22.3 Å². The molecule has 2 aliphatic heterocycles. The van der Waals surface area contributed by atoms with Crippen LogP contribution in [0.5, 0.6) is 5.75 Å². The van der Waals surface area contributed by atoms with Crippen LogP contribution in [-0.2, 0) is 16.0 Å². The van der Waals surface area contributed by atoms with Crippen LogP contribution in [0.15, 0.2) is 58.3 Å². The van der Waals surface area contributed by atoms with E-state index in [2.05, 4.69) is 35.6 Å². The Kier molecular flexibility index (Phi) is 7.97. The quantitative estimate of drug-likeness (QED) is 0.495. The van der Waals surface area contributed by atoms with Crippen molar-refractivity contribution >= 4 is 35.3 Å². The number of quaternary nitrogens is 1. The van der Waals surface area contributed by atoms with E-state index in [1.807, 2.05) is 0 Å². The Morgan fingerprint density at radius 3 is 2.55 bits per heavy atom. The first-order chi connectivity index (χ1) is 14.8. The van der Waals surface area contributed by atoms with Crippen LogP contribution in [0.3, 0.4) is 0 Å². The minimum atomic E-state index is -1.51. The molecule has 1 fully saturated rings. The Balaban J connectivity index is 0.000000293. The number of carboxylic acids is 2. The van der Waals surface area contributed by atoms with Crippen LogP contribution in [0.4, 0.5) is 0 Å². The Bertz CT molecular complexity index is 976. The molecule has 0 radical (unpaired) electrons. The van der Waals surface area contributed by atoms with Crippen molar-refractivity contribution < 1.29 is 29.8 Å². The molecular formula is C22H23ClN2O5S. The maximum atomic E-state index is 10.5. The van der Waals surface area contributed by atoms with Crippen molar-refractivity contribution in [3.8, 4) is 5.75 Å². The van der Waals surface area contributed by atoms with Crippen LogP contribution in [0.2, 0.25) is 5.02 Å². The molecule has 1 saturated heterocycles. The number of hydrogen-bond donors (Lipinski definition) is 4. The first-order valence-corrected chi connectivity index (χ1v) is 11.0. The molecule has 0 spiro atoms. The van der Waals surface area contributed by atoms with Gasteiger partial charge in [0, 0.05) is 41.1 Å². The second-order valence-electron chi connectivity index (χ2n) is 7.21. The van der Waals surface area contributed by atoms with Gasteiger partial charge >= 0.3 is 5.97 Å². The number of piperazine rings is 1. The third kappa shape index (κ3) is 6.24. The second kappa shape index (κ2) is 10.7. The molecule has 2 aromatic rings. The lowest BCUT2D eigenvalue weighted by molar-refractivity contribution is -0.933. The van der Waals surface area contributed by atoms with Gasteiger partial charge in [0.1, 0.15) is 11.8 Å². The number of phenols is 1. The van der Waals surface area contributed by atoms with E-state index in [9.17, 15) is 19.8 Å². The topological polar surface area (TPSA) is 114 Å². The van der Waals surface area contributed by atoms with E-state index in [0.29, 0.717) is 29.0 Å². The van der Waals surface area contributed by atoms with Gasteiger partial charge in [0.15, 0.2) is 0 Å². The molecule has 0 amide bonds. The smallest absolute Gasteiger partial charge is 0.328 e. The van der Waals surface area contributed by atoms with E-state index >= 15 is 0 Å². The molecule has 7 nitrogen and oxygen atoms in total. The number of fused-ring (bicyclic) bond motifs is 2. The van der Waals surface area contributed by atoms with E-state index in [1.54, 1.807) is 22.7 Å². The van der Waals surface area contributed by atoms with Crippen molar-refractivity contribution in [1.29, 1.82) is 0 Å². The van der Waals surface area contributed by atoms with Gasteiger partial charge in [0.25, 0.3) is 0 Å². The van der Waals surface area contributed by atoms with Crippen molar-refractivity contribution in [2.75, 3.05) is 26.2 Å². The van der Waals surface area contributed by atoms with E-state index in [0.717, 1.165) is 37.5 Å². The third-order valence-electron chi connectivity index (χ3n) is 5.15. The predicted molar refractivity (Wildman–Crippen MR) is 115 cm³/mol. The fourth-order valence-corrected chi connectivity index (χ4v) is 5.13. The maximum absolute atomic E-state index is 10.5. The normalized spacial score (nSPS) is 18.3. The summed E-state index contributed by atoms with van der Waals surface area (Å²) in [7, 11) is 0. The van der Waals surface area contributed by atoms with Crippen LogP contribution in [0.25, 0.3) is 0 Å². The molecule has 4 N–H and O–H groups in total.